The second-order valence-corrected chi connectivity index (χ2v) is 7.48. The molecule has 0 N–H and O–H groups in total. The summed E-state index contributed by atoms with van der Waals surface area (Å²) in [4.78, 5) is 2.28. The average molecular weight is 328 g/mol. The lowest BCUT2D eigenvalue weighted by Crippen LogP contribution is -2.36. The van der Waals surface area contributed by atoms with Crippen LogP contribution < -0.4 is 0 Å². The van der Waals surface area contributed by atoms with E-state index >= 15 is 0 Å². The van der Waals surface area contributed by atoms with Crippen LogP contribution in [-0.2, 0) is 10.0 Å². The first kappa shape index (κ1) is 16.2. The Bertz CT molecular complexity index is 669. The molecule has 0 aromatic heterocycles. The van der Waals surface area contributed by atoms with Gasteiger partial charge in [0.25, 0.3) is 0 Å². The first-order valence-corrected chi connectivity index (χ1v) is 8.62. The summed E-state index contributed by atoms with van der Waals surface area (Å²) in [5.41, 5.74) is 0.180. The van der Waals surface area contributed by atoms with Crippen LogP contribution in [-0.4, -0.2) is 50.3 Å². The Morgan fingerprint density at radius 1 is 1.52 bits per heavy atom. The average Bonchev–Trinajstić information content (AvgIpc) is 2.97. The zero-order valence-electron chi connectivity index (χ0n) is 12.1. The highest BCUT2D eigenvalue weighted by Crippen LogP contribution is 2.26. The second-order valence-electron chi connectivity index (χ2n) is 5.13. The van der Waals surface area contributed by atoms with E-state index in [0.29, 0.717) is 13.1 Å². The first-order chi connectivity index (χ1) is 9.90. The van der Waals surface area contributed by atoms with Crippen LogP contribution in [0.4, 0.5) is 0 Å². The van der Waals surface area contributed by atoms with Gasteiger partial charge in [-0.2, -0.15) is 9.57 Å². The Balaban J connectivity index is 2.26. The predicted octanol–water partition coefficient (Wildman–Crippen LogP) is 1.93. The smallest absolute Gasteiger partial charge is 0.243 e. The molecule has 1 fully saturated rings. The van der Waals surface area contributed by atoms with Crippen molar-refractivity contribution in [3.63, 3.8) is 0 Å². The molecule has 1 saturated heterocycles. The van der Waals surface area contributed by atoms with Gasteiger partial charge in [0.1, 0.15) is 6.07 Å². The lowest BCUT2D eigenvalue weighted by Gasteiger charge is -2.23. The number of hydrogen-bond donors (Lipinski definition) is 0. The molecular formula is C14H18ClN3O2S. The van der Waals surface area contributed by atoms with E-state index in [0.717, 1.165) is 13.0 Å². The van der Waals surface area contributed by atoms with Crippen LogP contribution in [0.15, 0.2) is 23.1 Å². The molecule has 7 heteroatoms. The zero-order valence-corrected chi connectivity index (χ0v) is 13.7. The van der Waals surface area contributed by atoms with Gasteiger partial charge in [0, 0.05) is 19.1 Å². The quantitative estimate of drug-likeness (QED) is 0.847. The molecular weight excluding hydrogens is 310 g/mol. The van der Waals surface area contributed by atoms with Gasteiger partial charge in [0.2, 0.25) is 10.0 Å². The topological polar surface area (TPSA) is 64.4 Å². The van der Waals surface area contributed by atoms with Crippen molar-refractivity contribution in [1.82, 2.24) is 9.21 Å². The number of hydrogen-bond acceptors (Lipinski definition) is 4. The van der Waals surface area contributed by atoms with Gasteiger partial charge in [0.15, 0.2) is 0 Å². The normalized spacial score (nSPS) is 19.9. The Morgan fingerprint density at radius 2 is 2.24 bits per heavy atom. The molecule has 0 aliphatic carbocycles. The largest absolute Gasteiger partial charge is 0.302 e. The maximum atomic E-state index is 12.6. The van der Waals surface area contributed by atoms with E-state index in [9.17, 15) is 8.42 Å². The highest BCUT2D eigenvalue weighted by molar-refractivity contribution is 7.89. The molecule has 0 radical (unpaired) electrons. The fourth-order valence-electron chi connectivity index (χ4n) is 2.45. The molecule has 5 nitrogen and oxygen atoms in total. The van der Waals surface area contributed by atoms with E-state index in [-0.39, 0.29) is 21.5 Å². The van der Waals surface area contributed by atoms with Crippen molar-refractivity contribution in [3.8, 4) is 6.07 Å². The van der Waals surface area contributed by atoms with Crippen LogP contribution in [0.3, 0.4) is 0 Å². The maximum Gasteiger partial charge on any atom is 0.243 e. The number of halogens is 1. The number of nitrogens with zero attached hydrogens (tertiary/aromatic N) is 3. The summed E-state index contributed by atoms with van der Waals surface area (Å²) >= 11 is 5.85. The van der Waals surface area contributed by atoms with Gasteiger partial charge in [0.05, 0.1) is 15.5 Å². The molecule has 21 heavy (non-hydrogen) atoms. The van der Waals surface area contributed by atoms with Crippen LogP contribution >= 0.6 is 11.6 Å². The number of rotatable bonds is 4. The molecule has 0 spiro atoms. The van der Waals surface area contributed by atoms with E-state index in [1.807, 2.05) is 13.1 Å². The molecule has 2 rings (SSSR count). The minimum Gasteiger partial charge on any atom is -0.302 e. The molecule has 1 atom stereocenters. The third kappa shape index (κ3) is 3.22. The molecule has 1 aromatic carbocycles. The predicted molar refractivity (Wildman–Crippen MR) is 81.6 cm³/mol. The summed E-state index contributed by atoms with van der Waals surface area (Å²) in [5, 5.41) is 9.24. The monoisotopic (exact) mass is 327 g/mol. The number of benzene rings is 1. The van der Waals surface area contributed by atoms with Gasteiger partial charge in [-0.05, 0) is 38.2 Å². The van der Waals surface area contributed by atoms with Crippen molar-refractivity contribution in [2.24, 2.45) is 0 Å². The van der Waals surface area contributed by atoms with Crippen molar-refractivity contribution >= 4 is 21.6 Å². The van der Waals surface area contributed by atoms with Crippen molar-refractivity contribution < 1.29 is 8.42 Å². The highest BCUT2D eigenvalue weighted by atomic mass is 35.5. The van der Waals surface area contributed by atoms with Crippen LogP contribution in [0.2, 0.25) is 5.02 Å². The van der Waals surface area contributed by atoms with Gasteiger partial charge in [-0.1, -0.05) is 18.5 Å². The van der Waals surface area contributed by atoms with E-state index in [1.165, 1.54) is 22.5 Å². The van der Waals surface area contributed by atoms with Crippen LogP contribution in [0, 0.1) is 11.3 Å². The fourth-order valence-corrected chi connectivity index (χ4v) is 4.13. The van der Waals surface area contributed by atoms with Gasteiger partial charge in [-0.3, -0.25) is 0 Å². The Hall–Kier alpha value is -1.13. The molecule has 0 unspecified atom stereocenters. The van der Waals surface area contributed by atoms with E-state index in [4.69, 9.17) is 16.9 Å². The maximum absolute atomic E-state index is 12.6. The first-order valence-electron chi connectivity index (χ1n) is 6.80. The Morgan fingerprint density at radius 3 is 2.86 bits per heavy atom. The second kappa shape index (κ2) is 6.32. The molecule has 0 saturated carbocycles. The Labute approximate surface area is 130 Å². The minimum atomic E-state index is -3.57. The molecule has 114 valence electrons. The molecule has 1 aromatic rings. The SMILES string of the molecule is CCN(C)[C@@H]1CCN(S(=O)(=O)c2ccc(Cl)c(C#N)c2)C1. The summed E-state index contributed by atoms with van der Waals surface area (Å²) in [6.45, 7) is 3.92. The third-order valence-electron chi connectivity index (χ3n) is 3.94. The summed E-state index contributed by atoms with van der Waals surface area (Å²) in [6, 6.07) is 6.41. The van der Waals surface area contributed by atoms with Crippen molar-refractivity contribution in [1.29, 1.82) is 5.26 Å². The number of likely N-dealkylation sites (N-methyl/N-ethyl adjacent to an activating group) is 1. The standard InChI is InChI=1S/C14H18ClN3O2S/c1-3-17(2)12-6-7-18(10-12)21(19,20)13-4-5-14(15)11(8-13)9-16/h4-5,8,12H,3,6-7,10H2,1-2H3/t12-/m1/s1. The van der Waals surface area contributed by atoms with Crippen LogP contribution in [0.5, 0.6) is 0 Å². The van der Waals surface area contributed by atoms with E-state index in [1.54, 1.807) is 0 Å². The lowest BCUT2D eigenvalue weighted by molar-refractivity contribution is 0.262. The fraction of sp³-hybridized carbons (Fsp3) is 0.500. The van der Waals surface area contributed by atoms with Gasteiger partial charge in [-0.25, -0.2) is 8.42 Å². The van der Waals surface area contributed by atoms with Gasteiger partial charge in [-0.15, -0.1) is 0 Å². The molecule has 1 heterocycles. The van der Waals surface area contributed by atoms with Crippen LogP contribution in [0.25, 0.3) is 0 Å². The van der Waals surface area contributed by atoms with Crippen molar-refractivity contribution in [3.05, 3.63) is 28.8 Å². The zero-order chi connectivity index (χ0) is 15.6. The van der Waals surface area contributed by atoms with Crippen molar-refractivity contribution in [2.45, 2.75) is 24.3 Å². The molecule has 0 amide bonds. The summed E-state index contributed by atoms with van der Waals surface area (Å²) in [6.07, 6.45) is 0.822. The van der Waals surface area contributed by atoms with E-state index in [2.05, 4.69) is 11.8 Å². The minimum absolute atomic E-state index is 0.128. The molecule has 0 bridgehead atoms. The summed E-state index contributed by atoms with van der Waals surface area (Å²) < 4.78 is 26.7. The van der Waals surface area contributed by atoms with Crippen molar-refractivity contribution in [2.75, 3.05) is 26.7 Å². The summed E-state index contributed by atoms with van der Waals surface area (Å²) in [5.74, 6) is 0. The van der Waals surface area contributed by atoms with E-state index < -0.39 is 10.0 Å². The Kier molecular flexibility index (Phi) is 4.89. The summed E-state index contributed by atoms with van der Waals surface area (Å²) in [7, 11) is -1.57. The highest BCUT2D eigenvalue weighted by Gasteiger charge is 2.34. The number of sulfonamides is 1. The molecule has 1 aliphatic rings. The van der Waals surface area contributed by atoms with Gasteiger partial charge >= 0.3 is 0 Å². The lowest BCUT2D eigenvalue weighted by atomic mass is 10.2. The molecule has 1 aliphatic heterocycles. The third-order valence-corrected chi connectivity index (χ3v) is 6.14. The number of nitriles is 1. The van der Waals surface area contributed by atoms with Gasteiger partial charge < -0.3 is 4.90 Å². The van der Waals surface area contributed by atoms with Crippen LogP contribution in [0.1, 0.15) is 18.9 Å².